The van der Waals surface area contributed by atoms with Crippen molar-refractivity contribution in [2.45, 2.75) is 54.3 Å². The molecule has 0 spiro atoms. The van der Waals surface area contributed by atoms with Gasteiger partial charge in [0, 0.05) is 17.8 Å². The van der Waals surface area contributed by atoms with Crippen LogP contribution in [-0.4, -0.2) is 25.7 Å². The molecule has 2 aromatic rings. The first-order valence-corrected chi connectivity index (χ1v) is 11.6. The van der Waals surface area contributed by atoms with Gasteiger partial charge >= 0.3 is 21.2 Å². The molecule has 0 bridgehead atoms. The van der Waals surface area contributed by atoms with E-state index in [0.717, 1.165) is 11.3 Å². The molecule has 1 amide bonds. The van der Waals surface area contributed by atoms with Gasteiger partial charge in [-0.2, -0.15) is 13.0 Å². The molecular formula is C22H31N4O5S+. The Kier molecular flexibility index (Phi) is 7.84. The highest BCUT2D eigenvalue weighted by Crippen LogP contribution is 2.25. The number of aryl methyl sites for hydroxylation is 1. The minimum absolute atomic E-state index is 0.117. The first-order valence-electron chi connectivity index (χ1n) is 10.2. The fourth-order valence-electron chi connectivity index (χ4n) is 2.54. The molecule has 10 heteroatoms. The van der Waals surface area contributed by atoms with Gasteiger partial charge in [0.2, 0.25) is 0 Å². The molecule has 0 atom stereocenters. The number of hydrogen-bond donors (Lipinski definition) is 3. The number of nitrogens with one attached hydrogen (secondary N) is 3. The lowest BCUT2D eigenvalue weighted by Gasteiger charge is -2.16. The van der Waals surface area contributed by atoms with Crippen LogP contribution < -0.4 is 19.9 Å². The molecule has 3 N–H and O–H groups in total. The molecule has 174 valence electrons. The maximum atomic E-state index is 12.6. The zero-order valence-electron chi connectivity index (χ0n) is 19.2. The quantitative estimate of drug-likeness (QED) is 0.428. The number of esters is 1. The standard InChI is InChI=1S/C22H30N4O5S/c1-15(2)23-21(28)32(29,30)25-19-13-26(14-31-20(27)22(4,5)6)11-10-18(19)24-17-9-7-8-16(3)12-17/h7-13,15,25H,14H2,1-6H3,(H,23,28)/p+1. The van der Waals surface area contributed by atoms with Crippen molar-refractivity contribution in [1.82, 2.24) is 5.32 Å². The molecule has 9 nitrogen and oxygen atoms in total. The van der Waals surface area contributed by atoms with E-state index in [1.54, 1.807) is 46.9 Å². The van der Waals surface area contributed by atoms with Crippen LogP contribution >= 0.6 is 0 Å². The minimum atomic E-state index is -4.36. The van der Waals surface area contributed by atoms with Gasteiger partial charge < -0.3 is 15.4 Å². The van der Waals surface area contributed by atoms with Crippen molar-refractivity contribution in [2.24, 2.45) is 5.41 Å². The van der Waals surface area contributed by atoms with Crippen molar-refractivity contribution in [3.05, 3.63) is 48.3 Å². The number of carbonyl (C=O) groups excluding carboxylic acids is 2. The fraction of sp³-hybridized carbons (Fsp3) is 0.409. The maximum Gasteiger partial charge on any atom is 0.357 e. The number of nitrogens with zero attached hydrogens (tertiary/aromatic N) is 1. The Morgan fingerprint density at radius 3 is 2.41 bits per heavy atom. The van der Waals surface area contributed by atoms with Crippen LogP contribution in [0.1, 0.15) is 40.2 Å². The monoisotopic (exact) mass is 463 g/mol. The largest absolute Gasteiger partial charge is 0.404 e. The molecule has 0 saturated heterocycles. The van der Waals surface area contributed by atoms with E-state index >= 15 is 0 Å². The van der Waals surface area contributed by atoms with E-state index in [9.17, 15) is 18.0 Å². The number of amides is 1. The SMILES string of the molecule is Cc1cccc(Nc2cc[n+](COC(=O)C(C)(C)C)cc2NS(=O)(=O)C(=O)NC(C)C)c1. The minimum Gasteiger partial charge on any atom is -0.404 e. The molecule has 1 aromatic heterocycles. The summed E-state index contributed by atoms with van der Waals surface area (Å²) in [5.74, 6) is -0.398. The summed E-state index contributed by atoms with van der Waals surface area (Å²) in [5.41, 5.74) is 1.64. The maximum absolute atomic E-state index is 12.6. The highest BCUT2D eigenvalue weighted by atomic mass is 32.2. The third-order valence-corrected chi connectivity index (χ3v) is 5.26. The highest BCUT2D eigenvalue weighted by Gasteiger charge is 2.27. The third-order valence-electron chi connectivity index (χ3n) is 4.17. The number of aromatic nitrogens is 1. The zero-order valence-corrected chi connectivity index (χ0v) is 20.0. The number of pyridine rings is 1. The summed E-state index contributed by atoms with van der Waals surface area (Å²) in [6.07, 6.45) is 3.09. The molecule has 1 aromatic carbocycles. The molecule has 0 aliphatic rings. The van der Waals surface area contributed by atoms with E-state index in [4.69, 9.17) is 4.74 Å². The molecular weight excluding hydrogens is 432 g/mol. The summed E-state index contributed by atoms with van der Waals surface area (Å²) < 4.78 is 34.2. The molecule has 1 heterocycles. The second-order valence-electron chi connectivity index (χ2n) is 8.78. The summed E-state index contributed by atoms with van der Waals surface area (Å²) in [7, 11) is -4.36. The Labute approximate surface area is 189 Å². The van der Waals surface area contributed by atoms with Gasteiger partial charge in [-0.25, -0.2) is 0 Å². The molecule has 0 fully saturated rings. The summed E-state index contributed by atoms with van der Waals surface area (Å²) in [6, 6.07) is 8.83. The van der Waals surface area contributed by atoms with E-state index in [-0.39, 0.29) is 18.5 Å². The van der Waals surface area contributed by atoms with Crippen LogP contribution in [0, 0.1) is 12.3 Å². The zero-order chi connectivity index (χ0) is 24.1. The number of rotatable bonds is 7. The van der Waals surface area contributed by atoms with Crippen LogP contribution in [0.5, 0.6) is 0 Å². The Balaban J connectivity index is 2.36. The van der Waals surface area contributed by atoms with Crippen molar-refractivity contribution in [1.29, 1.82) is 0 Å². The van der Waals surface area contributed by atoms with Gasteiger partial charge in [-0.05, 0) is 59.2 Å². The highest BCUT2D eigenvalue weighted by molar-refractivity contribution is 8.07. The predicted molar refractivity (Wildman–Crippen MR) is 123 cm³/mol. The number of hydrogen-bond acceptors (Lipinski definition) is 6. The van der Waals surface area contributed by atoms with Crippen molar-refractivity contribution < 1.29 is 27.3 Å². The van der Waals surface area contributed by atoms with Crippen molar-refractivity contribution in [2.75, 3.05) is 10.0 Å². The van der Waals surface area contributed by atoms with E-state index in [0.29, 0.717) is 5.69 Å². The van der Waals surface area contributed by atoms with Crippen molar-refractivity contribution in [3.63, 3.8) is 0 Å². The number of carbonyl (C=O) groups is 2. The Morgan fingerprint density at radius 2 is 1.81 bits per heavy atom. The van der Waals surface area contributed by atoms with Crippen LogP contribution in [0.4, 0.5) is 21.9 Å². The lowest BCUT2D eigenvalue weighted by molar-refractivity contribution is -0.727. The van der Waals surface area contributed by atoms with E-state index in [1.807, 2.05) is 31.2 Å². The van der Waals surface area contributed by atoms with Crippen LogP contribution in [0.3, 0.4) is 0 Å². The molecule has 0 aliphatic carbocycles. The van der Waals surface area contributed by atoms with E-state index in [2.05, 4.69) is 15.4 Å². The summed E-state index contributed by atoms with van der Waals surface area (Å²) in [6.45, 7) is 10.4. The first-order chi connectivity index (χ1) is 14.8. The molecule has 2 rings (SSSR count). The van der Waals surface area contributed by atoms with Crippen LogP contribution in [0.2, 0.25) is 0 Å². The lowest BCUT2D eigenvalue weighted by Crippen LogP contribution is -2.40. The van der Waals surface area contributed by atoms with Gasteiger partial charge in [0.25, 0.3) is 6.73 Å². The average Bonchev–Trinajstić information content (AvgIpc) is 2.66. The van der Waals surface area contributed by atoms with E-state index < -0.39 is 26.6 Å². The Bertz CT molecular complexity index is 1090. The smallest absolute Gasteiger partial charge is 0.357 e. The summed E-state index contributed by atoms with van der Waals surface area (Å²) in [5, 5.41) is 4.38. The molecule has 32 heavy (non-hydrogen) atoms. The Morgan fingerprint density at radius 1 is 1.12 bits per heavy atom. The van der Waals surface area contributed by atoms with Crippen molar-refractivity contribution >= 4 is 38.3 Å². The van der Waals surface area contributed by atoms with Crippen LogP contribution in [-0.2, 0) is 26.3 Å². The third kappa shape index (κ3) is 7.23. The van der Waals surface area contributed by atoms with Gasteiger partial charge in [-0.1, -0.05) is 12.1 Å². The lowest BCUT2D eigenvalue weighted by atomic mass is 9.98. The Hall–Kier alpha value is -3.14. The van der Waals surface area contributed by atoms with Gasteiger partial charge in [0.05, 0.1) is 11.1 Å². The summed E-state index contributed by atoms with van der Waals surface area (Å²) in [4.78, 5) is 24.2. The van der Waals surface area contributed by atoms with Gasteiger partial charge in [0.15, 0.2) is 12.4 Å². The fourth-order valence-corrected chi connectivity index (χ4v) is 3.48. The van der Waals surface area contributed by atoms with Crippen LogP contribution in [0.25, 0.3) is 0 Å². The van der Waals surface area contributed by atoms with Gasteiger partial charge in [-0.3, -0.25) is 14.3 Å². The van der Waals surface area contributed by atoms with Crippen LogP contribution in [0.15, 0.2) is 42.7 Å². The van der Waals surface area contributed by atoms with E-state index in [1.165, 1.54) is 10.8 Å². The number of anilines is 3. The van der Waals surface area contributed by atoms with Gasteiger partial charge in [0.1, 0.15) is 5.69 Å². The normalized spacial score (nSPS) is 11.7. The predicted octanol–water partition coefficient (Wildman–Crippen LogP) is 3.43. The summed E-state index contributed by atoms with van der Waals surface area (Å²) >= 11 is 0. The first kappa shape index (κ1) is 25.1. The number of sulfonamides is 1. The number of benzene rings is 1. The second kappa shape index (κ2) is 9.99. The average molecular weight is 464 g/mol. The van der Waals surface area contributed by atoms with Gasteiger partial charge in [-0.15, -0.1) is 0 Å². The molecule has 0 aliphatic heterocycles. The molecule has 0 saturated carbocycles. The number of ether oxygens (including phenoxy) is 1. The molecule has 0 unspecified atom stereocenters. The van der Waals surface area contributed by atoms with Crippen molar-refractivity contribution in [3.8, 4) is 0 Å². The molecule has 0 radical (unpaired) electrons. The second-order valence-corrected chi connectivity index (χ2v) is 10.4. The topological polar surface area (TPSA) is 117 Å².